The average molecular weight is 607 g/mol. The van der Waals surface area contributed by atoms with Crippen molar-refractivity contribution in [2.24, 2.45) is 16.1 Å². The van der Waals surface area contributed by atoms with Gasteiger partial charge in [-0.1, -0.05) is 5.57 Å². The largest absolute Gasteiger partial charge is 0.416 e. The fourth-order valence-electron chi connectivity index (χ4n) is 5.01. The number of hydrogen-bond acceptors (Lipinski definition) is 6. The number of hydrogen-bond donors (Lipinski definition) is 1. The van der Waals surface area contributed by atoms with Crippen LogP contribution in [0.1, 0.15) is 28.9 Å². The highest BCUT2D eigenvalue weighted by Crippen LogP contribution is 2.49. The van der Waals surface area contributed by atoms with Gasteiger partial charge in [-0.3, -0.25) is 9.78 Å². The predicted molar refractivity (Wildman–Crippen MR) is 143 cm³/mol. The molecule has 1 atom stereocenters. The number of pyridine rings is 1. The zero-order chi connectivity index (χ0) is 30.2. The first-order valence-corrected chi connectivity index (χ1v) is 13.3. The van der Waals surface area contributed by atoms with Gasteiger partial charge in [-0.05, 0) is 91.2 Å². The van der Waals surface area contributed by atoms with Crippen LogP contribution in [0.25, 0.3) is 0 Å². The SMILES string of the molecule is NC=C1CC2(C(=O)c3cc(C(F)(F)F)ccn3)CN(Sc3cc(F)c(F)c(F)c3)CCC2=CC1=Nc1ccc(F)cc1. The molecule has 5 nitrogen and oxygen atoms in total. The van der Waals surface area contributed by atoms with Gasteiger partial charge in [0.25, 0.3) is 0 Å². The third kappa shape index (κ3) is 5.84. The number of rotatable bonds is 5. The molecule has 0 saturated carbocycles. The highest BCUT2D eigenvalue weighted by molar-refractivity contribution is 7.97. The lowest BCUT2D eigenvalue weighted by molar-refractivity contribution is -0.137. The number of allylic oxidation sites excluding steroid dienone is 2. The number of nitrogens with zero attached hydrogens (tertiary/aromatic N) is 3. The Morgan fingerprint density at radius 2 is 1.74 bits per heavy atom. The third-order valence-corrected chi connectivity index (χ3v) is 8.06. The van der Waals surface area contributed by atoms with E-state index in [2.05, 4.69) is 9.98 Å². The van der Waals surface area contributed by atoms with E-state index in [1.165, 1.54) is 30.5 Å². The highest BCUT2D eigenvalue weighted by atomic mass is 32.2. The Hall–Kier alpha value is -3.97. The van der Waals surface area contributed by atoms with Gasteiger partial charge in [0.2, 0.25) is 0 Å². The van der Waals surface area contributed by atoms with Crippen LogP contribution in [0, 0.1) is 28.7 Å². The van der Waals surface area contributed by atoms with Gasteiger partial charge < -0.3 is 5.73 Å². The smallest absolute Gasteiger partial charge is 0.404 e. The minimum absolute atomic E-state index is 0.0302. The van der Waals surface area contributed by atoms with Crippen molar-refractivity contribution in [3.8, 4) is 0 Å². The number of aliphatic imine (C=N–C) groups is 1. The lowest BCUT2D eigenvalue weighted by atomic mass is 9.64. The van der Waals surface area contributed by atoms with E-state index >= 15 is 0 Å². The number of piperidine rings is 1. The summed E-state index contributed by atoms with van der Waals surface area (Å²) in [6, 6.07) is 8.43. The lowest BCUT2D eigenvalue weighted by Gasteiger charge is -2.45. The number of ketones is 1. The van der Waals surface area contributed by atoms with Gasteiger partial charge in [-0.15, -0.1) is 0 Å². The van der Waals surface area contributed by atoms with E-state index in [1.54, 1.807) is 10.4 Å². The van der Waals surface area contributed by atoms with Crippen LogP contribution in [0.15, 0.2) is 88.0 Å². The van der Waals surface area contributed by atoms with Crippen LogP contribution < -0.4 is 5.73 Å². The number of nitrogens with two attached hydrogens (primary N) is 1. The second-order valence-electron chi connectivity index (χ2n) is 9.76. The number of carbonyl (C=O) groups is 1. The van der Waals surface area contributed by atoms with E-state index in [-0.39, 0.29) is 30.8 Å². The molecule has 5 rings (SSSR count). The van der Waals surface area contributed by atoms with Crippen molar-refractivity contribution in [2.45, 2.75) is 23.9 Å². The fraction of sp³-hybridized carbons (Fsp3) is 0.207. The first-order valence-electron chi connectivity index (χ1n) is 12.5. The Morgan fingerprint density at radius 1 is 1.05 bits per heavy atom. The van der Waals surface area contributed by atoms with Crippen molar-refractivity contribution < 1.29 is 35.5 Å². The van der Waals surface area contributed by atoms with E-state index in [1.807, 2.05) is 0 Å². The normalized spacial score (nSPS) is 21.4. The molecule has 2 heterocycles. The van der Waals surface area contributed by atoms with Crippen LogP contribution in [-0.4, -0.2) is 33.9 Å². The number of alkyl halides is 3. The van der Waals surface area contributed by atoms with Crippen LogP contribution >= 0.6 is 11.9 Å². The minimum Gasteiger partial charge on any atom is -0.404 e. The Balaban J connectivity index is 1.58. The lowest BCUT2D eigenvalue weighted by Crippen LogP contribution is -2.49. The molecule has 2 aromatic carbocycles. The second kappa shape index (κ2) is 11.4. The maximum absolute atomic E-state index is 14.1. The minimum atomic E-state index is -4.72. The summed E-state index contributed by atoms with van der Waals surface area (Å²) in [5.41, 5.74) is 4.75. The van der Waals surface area contributed by atoms with Crippen LogP contribution in [0.3, 0.4) is 0 Å². The summed E-state index contributed by atoms with van der Waals surface area (Å²) in [4.78, 5) is 22.6. The topological polar surface area (TPSA) is 71.6 Å². The average Bonchev–Trinajstić information content (AvgIpc) is 2.96. The summed E-state index contributed by atoms with van der Waals surface area (Å²) >= 11 is 0.880. The second-order valence-corrected chi connectivity index (χ2v) is 10.9. The predicted octanol–water partition coefficient (Wildman–Crippen LogP) is 7.18. The van der Waals surface area contributed by atoms with Crippen molar-refractivity contribution >= 4 is 29.1 Å². The maximum Gasteiger partial charge on any atom is 0.416 e. The third-order valence-electron chi connectivity index (χ3n) is 7.05. The molecular weight excluding hydrogens is 585 g/mol. The molecular formula is C29H21F7N4OS. The number of carbonyl (C=O) groups excluding carboxylic acids is 1. The number of aromatic nitrogens is 1. The molecule has 1 saturated heterocycles. The first-order chi connectivity index (χ1) is 19.9. The molecule has 0 radical (unpaired) electrons. The van der Waals surface area contributed by atoms with Gasteiger partial charge in [0, 0.05) is 24.2 Å². The summed E-state index contributed by atoms with van der Waals surface area (Å²) in [6.45, 7) is 0.176. The van der Waals surface area contributed by atoms with Crippen molar-refractivity contribution in [3.05, 3.63) is 113 Å². The van der Waals surface area contributed by atoms with Crippen molar-refractivity contribution in [3.63, 3.8) is 0 Å². The van der Waals surface area contributed by atoms with Gasteiger partial charge in [0.05, 0.1) is 22.4 Å². The molecule has 42 heavy (non-hydrogen) atoms. The molecule has 0 spiro atoms. The quantitative estimate of drug-likeness (QED) is 0.144. The van der Waals surface area contributed by atoms with E-state index < -0.39 is 51.9 Å². The Morgan fingerprint density at radius 3 is 2.38 bits per heavy atom. The molecule has 3 aromatic rings. The molecule has 1 fully saturated rings. The molecule has 0 amide bonds. The molecule has 13 heteroatoms. The highest BCUT2D eigenvalue weighted by Gasteiger charge is 2.50. The first kappa shape index (κ1) is 29.5. The van der Waals surface area contributed by atoms with E-state index in [9.17, 15) is 35.5 Å². The van der Waals surface area contributed by atoms with E-state index in [0.29, 0.717) is 28.6 Å². The monoisotopic (exact) mass is 606 g/mol. The molecule has 218 valence electrons. The summed E-state index contributed by atoms with van der Waals surface area (Å²) in [6.07, 6.45) is -0.792. The molecule has 1 unspecified atom stereocenters. The van der Waals surface area contributed by atoms with Crippen LogP contribution in [0.4, 0.5) is 36.4 Å². The molecule has 2 N–H and O–H groups in total. The summed E-state index contributed by atoms with van der Waals surface area (Å²) < 4.78 is 96.8. The standard InChI is InChI=1S/C29H21F7N4OS/c30-19-1-3-20(4-2-19)39-24-9-17-6-8-40(42-21-11-22(31)26(33)23(32)12-21)15-28(17,13-16(24)14-37)27(41)25-10-18(5-7-38-25)29(34,35)36/h1-5,7,9-12,14H,6,8,13,15,37H2. The zero-order valence-electron chi connectivity index (χ0n) is 21.6. The summed E-state index contributed by atoms with van der Waals surface area (Å²) in [5, 5.41) is 0. The number of fused-ring (bicyclic) bond motifs is 1. The molecule has 1 aliphatic carbocycles. The van der Waals surface area contributed by atoms with Gasteiger partial charge in [-0.2, -0.15) is 13.2 Å². The Kier molecular flexibility index (Phi) is 7.99. The van der Waals surface area contributed by atoms with Crippen LogP contribution in [0.2, 0.25) is 0 Å². The van der Waals surface area contributed by atoms with Crippen molar-refractivity contribution in [2.75, 3.05) is 13.1 Å². The van der Waals surface area contributed by atoms with Gasteiger partial charge in [0.1, 0.15) is 11.5 Å². The van der Waals surface area contributed by atoms with E-state index in [4.69, 9.17) is 5.73 Å². The van der Waals surface area contributed by atoms with E-state index in [0.717, 1.165) is 36.3 Å². The molecule has 2 aliphatic rings. The molecule has 1 aromatic heterocycles. The van der Waals surface area contributed by atoms with Gasteiger partial charge in [-0.25, -0.2) is 26.9 Å². The van der Waals surface area contributed by atoms with Gasteiger partial charge in [0.15, 0.2) is 23.2 Å². The number of benzene rings is 2. The Labute approximate surface area is 239 Å². The Bertz CT molecular complexity index is 1610. The molecule has 1 aliphatic heterocycles. The number of Topliss-reactive ketones (excluding diaryl/α,β-unsaturated/α-hetero) is 1. The summed E-state index contributed by atoms with van der Waals surface area (Å²) in [5.74, 6) is -5.56. The molecule has 0 bridgehead atoms. The fourth-order valence-corrected chi connectivity index (χ4v) is 6.09. The van der Waals surface area contributed by atoms with Gasteiger partial charge >= 0.3 is 6.18 Å². The summed E-state index contributed by atoms with van der Waals surface area (Å²) in [7, 11) is 0. The number of halogens is 7. The van der Waals surface area contributed by atoms with Crippen LogP contribution in [0.5, 0.6) is 0 Å². The van der Waals surface area contributed by atoms with Crippen molar-refractivity contribution in [1.82, 2.24) is 9.29 Å². The van der Waals surface area contributed by atoms with Crippen LogP contribution in [-0.2, 0) is 6.18 Å². The van der Waals surface area contributed by atoms with Crippen molar-refractivity contribution in [1.29, 1.82) is 0 Å². The zero-order valence-corrected chi connectivity index (χ0v) is 22.4. The maximum atomic E-state index is 14.1.